The van der Waals surface area contributed by atoms with Crippen LogP contribution in [0.1, 0.15) is 13.8 Å². The quantitative estimate of drug-likeness (QED) is 0.614. The molecule has 0 heterocycles. The summed E-state index contributed by atoms with van der Waals surface area (Å²) in [4.78, 5) is 0. The summed E-state index contributed by atoms with van der Waals surface area (Å²) >= 11 is 0. The molecule has 12 heavy (non-hydrogen) atoms. The van der Waals surface area contributed by atoms with Crippen LogP contribution in [0.4, 0.5) is 0 Å². The molecule has 63 valence electrons. The highest BCUT2D eigenvalue weighted by Crippen LogP contribution is 2.09. The Labute approximate surface area is 75.0 Å². The van der Waals surface area contributed by atoms with Crippen LogP contribution in [0, 0.1) is 0 Å². The van der Waals surface area contributed by atoms with E-state index >= 15 is 0 Å². The Balaban J connectivity index is 2.65. The van der Waals surface area contributed by atoms with Crippen molar-refractivity contribution in [2.75, 3.05) is 0 Å². The van der Waals surface area contributed by atoms with E-state index in [1.165, 1.54) is 5.46 Å². The lowest BCUT2D eigenvalue weighted by Crippen LogP contribution is -2.10. The van der Waals surface area contributed by atoms with Crippen molar-refractivity contribution >= 4 is 12.7 Å². The summed E-state index contributed by atoms with van der Waals surface area (Å²) in [6, 6.07) is 8.10. The van der Waals surface area contributed by atoms with Gasteiger partial charge < -0.3 is 4.74 Å². The van der Waals surface area contributed by atoms with Crippen molar-refractivity contribution in [2.24, 2.45) is 0 Å². The van der Waals surface area contributed by atoms with Gasteiger partial charge in [-0.2, -0.15) is 0 Å². The molecule has 0 unspecified atom stereocenters. The first kappa shape index (κ1) is 9.18. The summed E-state index contributed by atoms with van der Waals surface area (Å²) in [7, 11) is 2.07. The molecule has 0 N–H and O–H groups in total. The Morgan fingerprint density at radius 2 is 1.75 bits per heavy atom. The van der Waals surface area contributed by atoms with Gasteiger partial charge in [0, 0.05) is 0 Å². The maximum Gasteiger partial charge on any atom is 0.148 e. The fourth-order valence-corrected chi connectivity index (χ4v) is 1.01. The van der Waals surface area contributed by atoms with Gasteiger partial charge in [-0.15, -0.1) is 0 Å². The van der Waals surface area contributed by atoms with Gasteiger partial charge in [-0.25, -0.2) is 0 Å². The van der Waals surface area contributed by atoms with E-state index in [2.05, 4.69) is 19.4 Å². The van der Waals surface area contributed by atoms with E-state index in [0.29, 0.717) is 0 Å². The lowest BCUT2D eigenvalue weighted by molar-refractivity contribution is 0.242. The van der Waals surface area contributed by atoms with E-state index in [1.54, 1.807) is 0 Å². The molecule has 2 heteroatoms. The molecule has 0 saturated heterocycles. The number of rotatable bonds is 3. The third-order valence-electron chi connectivity index (χ3n) is 1.59. The van der Waals surface area contributed by atoms with Gasteiger partial charge in [-0.1, -0.05) is 24.4 Å². The first-order chi connectivity index (χ1) is 5.72. The Morgan fingerprint density at radius 1 is 1.17 bits per heavy atom. The molecule has 1 aromatic carbocycles. The summed E-state index contributed by atoms with van der Waals surface area (Å²) in [5.74, 6) is 0.940. The minimum atomic E-state index is 0.251. The molecule has 0 spiro atoms. The standard InChI is InChI=1S/C10H14BO/c1-8(2)12-10-6-4-9(11-3)5-7-10/h4-8H,1-3H3. The molecule has 0 aliphatic heterocycles. The van der Waals surface area contributed by atoms with Gasteiger partial charge in [0.05, 0.1) is 6.10 Å². The molecule has 0 bridgehead atoms. The second-order valence-corrected chi connectivity index (χ2v) is 3.02. The molecule has 0 atom stereocenters. The van der Waals surface area contributed by atoms with Crippen molar-refractivity contribution in [1.82, 2.24) is 0 Å². The third kappa shape index (κ3) is 2.61. The fourth-order valence-electron chi connectivity index (χ4n) is 1.01. The van der Waals surface area contributed by atoms with Crippen LogP contribution in [0.3, 0.4) is 0 Å². The molecule has 1 nitrogen and oxygen atoms in total. The summed E-state index contributed by atoms with van der Waals surface area (Å²) in [6.07, 6.45) is 0.251. The van der Waals surface area contributed by atoms with Crippen LogP contribution in [0.15, 0.2) is 24.3 Å². The molecule has 1 radical (unpaired) electrons. The maximum absolute atomic E-state index is 5.50. The highest BCUT2D eigenvalue weighted by Gasteiger charge is 1.96. The number of hydrogen-bond acceptors (Lipinski definition) is 1. The summed E-state index contributed by atoms with van der Waals surface area (Å²) in [6.45, 7) is 6.08. The molecule has 0 saturated carbocycles. The van der Waals surface area contributed by atoms with Gasteiger partial charge in [-0.3, -0.25) is 0 Å². The summed E-state index contributed by atoms with van der Waals surface area (Å²) < 4.78 is 5.50. The first-order valence-electron chi connectivity index (χ1n) is 4.28. The van der Waals surface area contributed by atoms with Gasteiger partial charge in [-0.05, 0) is 26.0 Å². The van der Waals surface area contributed by atoms with Crippen molar-refractivity contribution in [2.45, 2.75) is 26.8 Å². The van der Waals surface area contributed by atoms with E-state index < -0.39 is 0 Å². The molecule has 0 aliphatic carbocycles. The zero-order valence-corrected chi connectivity index (χ0v) is 7.87. The molecular formula is C10H14BO. The summed E-state index contributed by atoms with van der Waals surface area (Å²) in [5.41, 5.74) is 1.23. The van der Waals surface area contributed by atoms with Gasteiger partial charge in [0.15, 0.2) is 0 Å². The number of benzene rings is 1. The predicted octanol–water partition coefficient (Wildman–Crippen LogP) is 1.85. The molecule has 0 fully saturated rings. The minimum Gasteiger partial charge on any atom is -0.491 e. The van der Waals surface area contributed by atoms with Gasteiger partial charge in [0.25, 0.3) is 0 Å². The fraction of sp³-hybridized carbons (Fsp3) is 0.400. The summed E-state index contributed by atoms with van der Waals surface area (Å²) in [5, 5.41) is 0. The second-order valence-electron chi connectivity index (χ2n) is 3.02. The smallest absolute Gasteiger partial charge is 0.148 e. The highest BCUT2D eigenvalue weighted by molar-refractivity contribution is 6.51. The molecule has 0 aromatic heterocycles. The molecular weight excluding hydrogens is 147 g/mol. The molecule has 1 aromatic rings. The van der Waals surface area contributed by atoms with Crippen LogP contribution in [0.2, 0.25) is 6.82 Å². The van der Waals surface area contributed by atoms with Crippen molar-refractivity contribution in [1.29, 1.82) is 0 Å². The van der Waals surface area contributed by atoms with Crippen molar-refractivity contribution < 1.29 is 4.74 Å². The molecule has 0 amide bonds. The largest absolute Gasteiger partial charge is 0.491 e. The topological polar surface area (TPSA) is 9.23 Å². The van der Waals surface area contributed by atoms with Gasteiger partial charge in [0.1, 0.15) is 13.0 Å². The van der Waals surface area contributed by atoms with E-state index in [1.807, 2.05) is 32.8 Å². The average Bonchev–Trinajstić information content (AvgIpc) is 2.05. The molecule has 0 aliphatic rings. The average molecular weight is 161 g/mol. The SMILES string of the molecule is C[B]c1ccc(OC(C)C)cc1. The minimum absolute atomic E-state index is 0.251. The lowest BCUT2D eigenvalue weighted by atomic mass is 9.73. The van der Waals surface area contributed by atoms with Crippen LogP contribution >= 0.6 is 0 Å². The zero-order valence-electron chi connectivity index (χ0n) is 7.87. The maximum atomic E-state index is 5.50. The number of ether oxygens (including phenoxy) is 1. The van der Waals surface area contributed by atoms with Gasteiger partial charge >= 0.3 is 0 Å². The first-order valence-corrected chi connectivity index (χ1v) is 4.28. The number of hydrogen-bond donors (Lipinski definition) is 0. The third-order valence-corrected chi connectivity index (χ3v) is 1.59. The van der Waals surface area contributed by atoms with E-state index in [0.717, 1.165) is 5.75 Å². The molecule has 1 rings (SSSR count). The highest BCUT2D eigenvalue weighted by atomic mass is 16.5. The van der Waals surface area contributed by atoms with Crippen LogP contribution in [0.25, 0.3) is 0 Å². The predicted molar refractivity (Wildman–Crippen MR) is 53.5 cm³/mol. The Morgan fingerprint density at radius 3 is 2.17 bits per heavy atom. The second kappa shape index (κ2) is 4.20. The monoisotopic (exact) mass is 161 g/mol. The lowest BCUT2D eigenvalue weighted by Gasteiger charge is -2.09. The van der Waals surface area contributed by atoms with Crippen LogP contribution in [-0.2, 0) is 0 Å². The van der Waals surface area contributed by atoms with Gasteiger partial charge in [0.2, 0.25) is 0 Å². The van der Waals surface area contributed by atoms with Crippen LogP contribution in [0.5, 0.6) is 5.75 Å². The van der Waals surface area contributed by atoms with Crippen LogP contribution < -0.4 is 10.2 Å². The Kier molecular flexibility index (Phi) is 3.21. The van der Waals surface area contributed by atoms with Crippen molar-refractivity contribution in [3.05, 3.63) is 24.3 Å². The Bertz CT molecular complexity index is 228. The Hall–Kier alpha value is -0.915. The van der Waals surface area contributed by atoms with E-state index in [-0.39, 0.29) is 6.10 Å². The van der Waals surface area contributed by atoms with E-state index in [9.17, 15) is 0 Å². The van der Waals surface area contributed by atoms with E-state index in [4.69, 9.17) is 4.74 Å². The van der Waals surface area contributed by atoms with Crippen molar-refractivity contribution in [3.63, 3.8) is 0 Å². The normalized spacial score (nSPS) is 10.0. The van der Waals surface area contributed by atoms with Crippen LogP contribution in [-0.4, -0.2) is 13.4 Å². The van der Waals surface area contributed by atoms with Crippen molar-refractivity contribution in [3.8, 4) is 5.75 Å². The zero-order chi connectivity index (χ0) is 8.97.